The Labute approximate surface area is 136 Å². The molecule has 0 aliphatic heterocycles. The van der Waals surface area contributed by atoms with Crippen LogP contribution in [0.5, 0.6) is 5.75 Å². The first-order chi connectivity index (χ1) is 10.9. The Bertz CT molecular complexity index is 791. The van der Waals surface area contributed by atoms with Crippen LogP contribution in [0.4, 0.5) is 0 Å². The molecule has 0 radical (unpaired) electrons. The van der Waals surface area contributed by atoms with Crippen LogP contribution in [0.15, 0.2) is 35.2 Å². The summed E-state index contributed by atoms with van der Waals surface area (Å²) in [4.78, 5) is 3.93. The summed E-state index contributed by atoms with van der Waals surface area (Å²) >= 11 is 0. The second-order valence-electron chi connectivity index (χ2n) is 6.25. The van der Waals surface area contributed by atoms with E-state index in [0.717, 1.165) is 16.7 Å². The molecule has 0 aliphatic rings. The lowest BCUT2D eigenvalue weighted by Gasteiger charge is -2.24. The van der Waals surface area contributed by atoms with E-state index < -0.39 is 10.0 Å². The van der Waals surface area contributed by atoms with Gasteiger partial charge >= 0.3 is 0 Å². The highest BCUT2D eigenvalue weighted by Gasteiger charge is 2.15. The fraction of sp³-hybridized carbons (Fsp3) is 0.375. The molecular formula is C16H21N3O3S. The van der Waals surface area contributed by atoms with Crippen LogP contribution in [0.2, 0.25) is 0 Å². The third-order valence-corrected chi connectivity index (χ3v) is 4.84. The first-order valence-electron chi connectivity index (χ1n) is 7.26. The van der Waals surface area contributed by atoms with E-state index in [4.69, 9.17) is 9.15 Å². The molecule has 1 N–H and O–H groups in total. The highest BCUT2D eigenvalue weighted by atomic mass is 32.3. The Balaban J connectivity index is 1.86. The van der Waals surface area contributed by atoms with Gasteiger partial charge in [-0.15, -0.1) is 0 Å². The molecule has 7 heteroatoms. The molecule has 0 atom stereocenters. The van der Waals surface area contributed by atoms with Crippen molar-refractivity contribution in [2.45, 2.75) is 6.73 Å². The zero-order valence-electron chi connectivity index (χ0n) is 13.5. The van der Waals surface area contributed by atoms with Crippen molar-refractivity contribution in [3.8, 4) is 17.2 Å². The number of nitrogens with zero attached hydrogens (tertiary/aromatic N) is 3. The summed E-state index contributed by atoms with van der Waals surface area (Å²) in [5.74, 6) is 1.82. The molecule has 124 valence electrons. The average Bonchev–Trinajstić information content (AvgIpc) is 3.09. The number of hydrogen-bond acceptors (Lipinski definition) is 5. The average molecular weight is 335 g/mol. The van der Waals surface area contributed by atoms with Gasteiger partial charge in [0.15, 0.2) is 12.2 Å². The monoisotopic (exact) mass is 335 g/mol. The highest BCUT2D eigenvalue weighted by molar-refractivity contribution is 8.32. The van der Waals surface area contributed by atoms with Crippen molar-refractivity contribution in [2.24, 2.45) is 0 Å². The van der Waals surface area contributed by atoms with Crippen molar-refractivity contribution in [1.29, 1.82) is 0 Å². The fourth-order valence-corrected chi connectivity index (χ4v) is 2.86. The molecule has 2 heterocycles. The molecule has 23 heavy (non-hydrogen) atoms. The zero-order valence-corrected chi connectivity index (χ0v) is 14.3. The maximum absolute atomic E-state index is 9.75. The number of aromatic hydroxyl groups is 1. The Hall–Kier alpha value is -1.99. The first-order valence-corrected chi connectivity index (χ1v) is 10.3. The van der Waals surface area contributed by atoms with Crippen molar-refractivity contribution in [3.05, 3.63) is 30.8 Å². The van der Waals surface area contributed by atoms with Crippen molar-refractivity contribution in [3.63, 3.8) is 0 Å². The first kappa shape index (κ1) is 15.9. The van der Waals surface area contributed by atoms with E-state index in [9.17, 15) is 5.11 Å². The van der Waals surface area contributed by atoms with E-state index in [2.05, 4.69) is 28.8 Å². The summed E-state index contributed by atoms with van der Waals surface area (Å²) in [5, 5.41) is 15.1. The van der Waals surface area contributed by atoms with Gasteiger partial charge in [-0.3, -0.25) is 0 Å². The van der Waals surface area contributed by atoms with Gasteiger partial charge in [0, 0.05) is 11.1 Å². The van der Waals surface area contributed by atoms with E-state index in [1.54, 1.807) is 23.0 Å². The van der Waals surface area contributed by atoms with Crippen LogP contribution in [0.3, 0.4) is 0 Å². The maximum atomic E-state index is 9.75. The molecule has 3 aromatic rings. The second-order valence-corrected chi connectivity index (χ2v) is 10.8. The third-order valence-electron chi connectivity index (χ3n) is 3.45. The molecule has 0 bridgehead atoms. The number of phenols is 1. The predicted octanol–water partition coefficient (Wildman–Crippen LogP) is 3.07. The van der Waals surface area contributed by atoms with E-state index in [1.165, 1.54) is 6.39 Å². The standard InChI is InChI=1S/C16H21N3O3S/c1-23(2,3)7-6-21-11-19-14-5-4-12(20)8-13(14)16(18-19)15-9-17-10-22-15/h4-5,8-10,20H,6-7,11H2,1-3H3. The van der Waals surface area contributed by atoms with Crippen molar-refractivity contribution in [1.82, 2.24) is 14.8 Å². The quantitative estimate of drug-likeness (QED) is 0.701. The van der Waals surface area contributed by atoms with Gasteiger partial charge in [-0.1, -0.05) is 0 Å². The van der Waals surface area contributed by atoms with Gasteiger partial charge in [0.05, 0.1) is 18.3 Å². The molecule has 3 rings (SSSR count). The minimum Gasteiger partial charge on any atom is -0.508 e. The number of hydrogen-bond donors (Lipinski definition) is 1. The van der Waals surface area contributed by atoms with Gasteiger partial charge in [-0.25, -0.2) is 19.7 Å². The minimum absolute atomic E-state index is 0.190. The Kier molecular flexibility index (Phi) is 4.32. The number of fused-ring (bicyclic) bond motifs is 1. The predicted molar refractivity (Wildman–Crippen MR) is 93.1 cm³/mol. The normalized spacial score (nSPS) is 12.8. The molecule has 0 saturated heterocycles. The van der Waals surface area contributed by atoms with Crippen LogP contribution in [-0.2, 0) is 11.5 Å². The summed E-state index contributed by atoms with van der Waals surface area (Å²) in [6.45, 7) is 1.07. The van der Waals surface area contributed by atoms with Crippen molar-refractivity contribution < 1.29 is 14.3 Å². The molecule has 2 aromatic heterocycles. The molecule has 1 aromatic carbocycles. The summed E-state index contributed by atoms with van der Waals surface area (Å²) in [7, 11) is -0.568. The van der Waals surface area contributed by atoms with Gasteiger partial charge < -0.3 is 14.3 Å². The minimum atomic E-state index is -0.568. The van der Waals surface area contributed by atoms with Crippen LogP contribution in [0.25, 0.3) is 22.4 Å². The van der Waals surface area contributed by atoms with Crippen LogP contribution >= 0.6 is 10.0 Å². The molecule has 0 spiro atoms. The van der Waals surface area contributed by atoms with Crippen molar-refractivity contribution >= 4 is 20.9 Å². The van der Waals surface area contributed by atoms with Gasteiger partial charge in [-0.2, -0.15) is 5.10 Å². The number of oxazole rings is 1. The van der Waals surface area contributed by atoms with E-state index in [0.29, 0.717) is 24.8 Å². The van der Waals surface area contributed by atoms with Gasteiger partial charge in [-0.05, 0) is 37.0 Å². The number of benzene rings is 1. The summed E-state index contributed by atoms with van der Waals surface area (Å²) in [5.41, 5.74) is 1.54. The van der Waals surface area contributed by atoms with E-state index in [-0.39, 0.29) is 5.75 Å². The Morgan fingerprint density at radius 2 is 2.13 bits per heavy atom. The molecule has 0 saturated carbocycles. The zero-order chi connectivity index (χ0) is 16.4. The number of phenolic OH excluding ortho intramolecular Hbond substituents is 1. The van der Waals surface area contributed by atoms with Crippen molar-refractivity contribution in [2.75, 3.05) is 31.1 Å². The van der Waals surface area contributed by atoms with Crippen LogP contribution in [0.1, 0.15) is 0 Å². The lowest BCUT2D eigenvalue weighted by atomic mass is 10.2. The largest absolute Gasteiger partial charge is 0.508 e. The Morgan fingerprint density at radius 1 is 1.30 bits per heavy atom. The fourth-order valence-electron chi connectivity index (χ4n) is 2.24. The number of aromatic nitrogens is 3. The van der Waals surface area contributed by atoms with Crippen LogP contribution < -0.4 is 0 Å². The number of ether oxygens (including phenoxy) is 1. The molecule has 0 fully saturated rings. The topological polar surface area (TPSA) is 73.3 Å². The highest BCUT2D eigenvalue weighted by Crippen LogP contribution is 2.34. The molecular weight excluding hydrogens is 314 g/mol. The van der Waals surface area contributed by atoms with Gasteiger partial charge in [0.1, 0.15) is 18.2 Å². The summed E-state index contributed by atoms with van der Waals surface area (Å²) in [6, 6.07) is 5.15. The second kappa shape index (κ2) is 6.25. The third kappa shape index (κ3) is 3.68. The van der Waals surface area contributed by atoms with Crippen LogP contribution in [-0.4, -0.2) is 51.0 Å². The lowest BCUT2D eigenvalue weighted by Crippen LogP contribution is -2.10. The van der Waals surface area contributed by atoms with E-state index >= 15 is 0 Å². The van der Waals surface area contributed by atoms with E-state index in [1.807, 2.05) is 6.07 Å². The summed E-state index contributed by atoms with van der Waals surface area (Å²) in [6.07, 6.45) is 9.78. The smallest absolute Gasteiger partial charge is 0.181 e. The maximum Gasteiger partial charge on any atom is 0.181 e. The molecule has 0 aliphatic carbocycles. The lowest BCUT2D eigenvalue weighted by molar-refractivity contribution is 0.0842. The molecule has 0 unspecified atom stereocenters. The van der Waals surface area contributed by atoms with Gasteiger partial charge in [0.2, 0.25) is 0 Å². The summed E-state index contributed by atoms with van der Waals surface area (Å²) < 4.78 is 12.9. The SMILES string of the molecule is CS(C)(C)CCOCn1nc(-c2cnco2)c2cc(O)ccc21. The molecule has 6 nitrogen and oxygen atoms in total. The molecule has 0 amide bonds. The number of rotatable bonds is 6. The van der Waals surface area contributed by atoms with Gasteiger partial charge in [0.25, 0.3) is 0 Å². The Morgan fingerprint density at radius 3 is 2.83 bits per heavy atom. The van der Waals surface area contributed by atoms with Crippen LogP contribution in [0, 0.1) is 0 Å².